The maximum atomic E-state index is 11.8. The van der Waals surface area contributed by atoms with Gasteiger partial charge in [-0.3, -0.25) is 4.18 Å². The lowest BCUT2D eigenvalue weighted by Gasteiger charge is -2.14. The van der Waals surface area contributed by atoms with Gasteiger partial charge in [-0.2, -0.15) is 0 Å². The fourth-order valence-corrected chi connectivity index (χ4v) is 5.05. The van der Waals surface area contributed by atoms with E-state index in [0.29, 0.717) is 12.4 Å². The molecule has 1 aliphatic rings. The van der Waals surface area contributed by atoms with Crippen LogP contribution >= 0.6 is 11.3 Å². The standard InChI is InChI=1S/C18H14O2S2/c19-22-12-16-15(11-20-22)17(13-7-3-1-4-8-13)21-18(16)14-9-5-2-6-10-14/h1-10H,11-12H2. The monoisotopic (exact) mass is 326 g/mol. The molecule has 2 aromatic carbocycles. The Hall–Kier alpha value is -1.75. The summed E-state index contributed by atoms with van der Waals surface area (Å²) in [5, 5.41) is 0. The molecule has 22 heavy (non-hydrogen) atoms. The van der Waals surface area contributed by atoms with Gasteiger partial charge in [-0.25, -0.2) is 4.21 Å². The summed E-state index contributed by atoms with van der Waals surface area (Å²) >= 11 is 0.547. The summed E-state index contributed by atoms with van der Waals surface area (Å²) < 4.78 is 17.2. The van der Waals surface area contributed by atoms with Crippen molar-refractivity contribution in [1.29, 1.82) is 0 Å². The number of rotatable bonds is 2. The lowest BCUT2D eigenvalue weighted by Crippen LogP contribution is -2.10. The first-order valence-corrected chi connectivity index (χ1v) is 9.16. The molecule has 3 aromatic rings. The fraction of sp³-hybridized carbons (Fsp3) is 0.111. The zero-order chi connectivity index (χ0) is 14.9. The Labute approximate surface area is 136 Å². The van der Waals surface area contributed by atoms with Crippen molar-refractivity contribution in [2.45, 2.75) is 12.4 Å². The minimum absolute atomic E-state index is 0.426. The van der Waals surface area contributed by atoms with Crippen LogP contribution in [0.2, 0.25) is 0 Å². The molecule has 0 saturated carbocycles. The van der Waals surface area contributed by atoms with E-state index in [1.165, 1.54) is 32.0 Å². The second-order valence-electron chi connectivity index (χ2n) is 5.16. The number of hydrogen-bond donors (Lipinski definition) is 0. The molecule has 2 nitrogen and oxygen atoms in total. The average Bonchev–Trinajstić information content (AvgIpc) is 2.95. The molecule has 110 valence electrons. The van der Waals surface area contributed by atoms with E-state index < -0.39 is 11.1 Å². The molecule has 4 heteroatoms. The molecule has 0 amide bonds. The summed E-state index contributed by atoms with van der Waals surface area (Å²) in [6, 6.07) is 20.7. The van der Waals surface area contributed by atoms with Gasteiger partial charge in [0.25, 0.3) is 0 Å². The van der Waals surface area contributed by atoms with Crippen LogP contribution in [0, 0.1) is 0 Å². The lowest BCUT2D eigenvalue weighted by atomic mass is 10.0. The normalized spacial score (nSPS) is 17.2. The molecule has 0 aliphatic carbocycles. The van der Waals surface area contributed by atoms with Crippen LogP contribution in [0.3, 0.4) is 0 Å². The van der Waals surface area contributed by atoms with Gasteiger partial charge in [0.15, 0.2) is 11.1 Å². The van der Waals surface area contributed by atoms with Gasteiger partial charge in [0.1, 0.15) is 0 Å². The summed E-state index contributed by atoms with van der Waals surface area (Å²) in [7, 11) is 0. The summed E-state index contributed by atoms with van der Waals surface area (Å²) in [6.07, 6.45) is 0. The predicted octanol–water partition coefficient (Wildman–Crippen LogP) is 4.78. The van der Waals surface area contributed by atoms with E-state index in [1.54, 1.807) is 11.3 Å². The third-order valence-corrected chi connectivity index (χ3v) is 6.06. The highest BCUT2D eigenvalue weighted by molar-refractivity contribution is 7.79. The first kappa shape index (κ1) is 13.9. The lowest BCUT2D eigenvalue weighted by molar-refractivity contribution is 0.329. The SMILES string of the molecule is O=S1Cc2c(-c3ccccc3)sc(-c3ccccc3)c2CO1. The van der Waals surface area contributed by atoms with Gasteiger partial charge in [-0.1, -0.05) is 60.7 Å². The molecule has 0 bridgehead atoms. The maximum Gasteiger partial charge on any atom is 0.160 e. The van der Waals surface area contributed by atoms with Crippen LogP contribution in [0.25, 0.3) is 20.9 Å². The Morgan fingerprint density at radius 3 is 1.95 bits per heavy atom. The van der Waals surface area contributed by atoms with E-state index in [2.05, 4.69) is 24.3 Å². The molecule has 0 radical (unpaired) electrons. The van der Waals surface area contributed by atoms with E-state index in [0.717, 1.165) is 0 Å². The number of benzene rings is 2. The van der Waals surface area contributed by atoms with Crippen molar-refractivity contribution in [2.75, 3.05) is 0 Å². The zero-order valence-electron chi connectivity index (χ0n) is 11.8. The molecule has 1 atom stereocenters. The molecular formula is C18H14O2S2. The quantitative estimate of drug-likeness (QED) is 0.677. The molecule has 0 N–H and O–H groups in total. The van der Waals surface area contributed by atoms with Crippen molar-refractivity contribution in [1.82, 2.24) is 0 Å². The van der Waals surface area contributed by atoms with Crippen LogP contribution in [-0.2, 0) is 27.6 Å². The Morgan fingerprint density at radius 1 is 0.818 bits per heavy atom. The average molecular weight is 326 g/mol. The summed E-state index contributed by atoms with van der Waals surface area (Å²) in [5.41, 5.74) is 4.75. The highest BCUT2D eigenvalue weighted by Gasteiger charge is 2.26. The molecule has 1 unspecified atom stereocenters. The van der Waals surface area contributed by atoms with Gasteiger partial charge in [-0.15, -0.1) is 11.3 Å². The largest absolute Gasteiger partial charge is 0.285 e. The number of hydrogen-bond acceptors (Lipinski definition) is 3. The van der Waals surface area contributed by atoms with Crippen molar-refractivity contribution in [3.8, 4) is 20.9 Å². The first-order valence-electron chi connectivity index (χ1n) is 7.10. The fourth-order valence-electron chi connectivity index (χ4n) is 2.73. The highest BCUT2D eigenvalue weighted by atomic mass is 32.2. The minimum Gasteiger partial charge on any atom is -0.285 e. The summed E-state index contributed by atoms with van der Waals surface area (Å²) in [5.74, 6) is 0.475. The van der Waals surface area contributed by atoms with Gasteiger partial charge in [0.05, 0.1) is 12.4 Å². The molecule has 0 spiro atoms. The zero-order valence-corrected chi connectivity index (χ0v) is 13.5. The van der Waals surface area contributed by atoms with E-state index in [-0.39, 0.29) is 0 Å². The van der Waals surface area contributed by atoms with E-state index >= 15 is 0 Å². The first-order chi connectivity index (χ1) is 10.8. The van der Waals surface area contributed by atoms with Crippen LogP contribution < -0.4 is 0 Å². The van der Waals surface area contributed by atoms with E-state index in [1.807, 2.05) is 36.4 Å². The van der Waals surface area contributed by atoms with Crippen molar-refractivity contribution >= 4 is 22.4 Å². The molecule has 0 saturated heterocycles. The molecule has 0 fully saturated rings. The Morgan fingerprint density at radius 2 is 1.36 bits per heavy atom. The van der Waals surface area contributed by atoms with Crippen LogP contribution in [0.15, 0.2) is 60.7 Å². The molecule has 1 aliphatic heterocycles. The third-order valence-electron chi connectivity index (χ3n) is 3.79. The molecular weight excluding hydrogens is 312 g/mol. The van der Waals surface area contributed by atoms with Crippen LogP contribution in [0.1, 0.15) is 11.1 Å². The molecule has 2 heterocycles. The van der Waals surface area contributed by atoms with Gasteiger partial charge < -0.3 is 0 Å². The maximum absolute atomic E-state index is 11.8. The highest BCUT2D eigenvalue weighted by Crippen LogP contribution is 2.44. The van der Waals surface area contributed by atoms with Crippen molar-refractivity contribution < 1.29 is 8.39 Å². The molecule has 4 rings (SSSR count). The van der Waals surface area contributed by atoms with Crippen LogP contribution in [-0.4, -0.2) is 4.21 Å². The van der Waals surface area contributed by atoms with Crippen LogP contribution in [0.4, 0.5) is 0 Å². The Bertz CT molecular complexity index is 823. The number of fused-ring (bicyclic) bond motifs is 1. The second-order valence-corrected chi connectivity index (χ2v) is 7.31. The van der Waals surface area contributed by atoms with Gasteiger partial charge in [0.2, 0.25) is 0 Å². The van der Waals surface area contributed by atoms with E-state index in [9.17, 15) is 4.21 Å². The Balaban J connectivity index is 1.93. The Kier molecular flexibility index (Phi) is 3.66. The second kappa shape index (κ2) is 5.80. The van der Waals surface area contributed by atoms with Crippen molar-refractivity contribution in [3.63, 3.8) is 0 Å². The molecule has 1 aromatic heterocycles. The smallest absolute Gasteiger partial charge is 0.160 e. The van der Waals surface area contributed by atoms with E-state index in [4.69, 9.17) is 4.18 Å². The minimum atomic E-state index is -1.22. The van der Waals surface area contributed by atoms with Crippen molar-refractivity contribution in [3.05, 3.63) is 71.8 Å². The summed E-state index contributed by atoms with van der Waals surface area (Å²) in [4.78, 5) is 2.44. The third kappa shape index (κ3) is 2.43. The number of thiophene rings is 1. The van der Waals surface area contributed by atoms with Gasteiger partial charge in [-0.05, 0) is 16.7 Å². The predicted molar refractivity (Wildman–Crippen MR) is 91.8 cm³/mol. The summed E-state index contributed by atoms with van der Waals surface area (Å²) in [6.45, 7) is 0.426. The van der Waals surface area contributed by atoms with Crippen molar-refractivity contribution in [2.24, 2.45) is 0 Å². The van der Waals surface area contributed by atoms with Gasteiger partial charge >= 0.3 is 0 Å². The topological polar surface area (TPSA) is 26.3 Å². The van der Waals surface area contributed by atoms with Gasteiger partial charge in [0, 0.05) is 15.3 Å². The van der Waals surface area contributed by atoms with Crippen LogP contribution in [0.5, 0.6) is 0 Å².